The van der Waals surface area contributed by atoms with Crippen molar-refractivity contribution in [2.75, 3.05) is 0 Å². The number of nitrogens with zero attached hydrogens (tertiary/aromatic N) is 2. The van der Waals surface area contributed by atoms with Crippen molar-refractivity contribution in [1.29, 1.82) is 0 Å². The van der Waals surface area contributed by atoms with Gasteiger partial charge in [-0.1, -0.05) is 12.8 Å². The number of amides is 1. The fraction of sp³-hybridized carbons (Fsp3) is 0.733. The minimum Gasteiger partial charge on any atom is -0.444 e. The zero-order valence-corrected chi connectivity index (χ0v) is 12.8. The molecule has 1 aromatic heterocycles. The Kier molecular flexibility index (Phi) is 4.35. The minimum absolute atomic E-state index is 0.105. The Bertz CT molecular complexity index is 458. The summed E-state index contributed by atoms with van der Waals surface area (Å²) in [6.07, 6.45) is 7.17. The van der Waals surface area contributed by atoms with E-state index in [1.54, 1.807) is 0 Å². The lowest BCUT2D eigenvalue weighted by Crippen LogP contribution is -2.34. The van der Waals surface area contributed by atoms with Gasteiger partial charge >= 0.3 is 6.09 Å². The molecule has 1 aliphatic rings. The second kappa shape index (κ2) is 5.85. The van der Waals surface area contributed by atoms with Gasteiger partial charge in [0.15, 0.2) is 0 Å². The molecule has 0 unspecified atom stereocenters. The molecule has 1 amide bonds. The van der Waals surface area contributed by atoms with E-state index in [1.165, 1.54) is 19.3 Å². The molecule has 1 aromatic rings. The first-order valence-corrected chi connectivity index (χ1v) is 7.34. The third-order valence-corrected chi connectivity index (χ3v) is 3.40. The van der Waals surface area contributed by atoms with Crippen LogP contribution >= 0.6 is 0 Å². The summed E-state index contributed by atoms with van der Waals surface area (Å²) in [5, 5.41) is 2.86. The maximum Gasteiger partial charge on any atom is 0.408 e. The average Bonchev–Trinajstić information content (AvgIpc) is 3.00. The van der Waals surface area contributed by atoms with Crippen LogP contribution in [0.4, 0.5) is 4.79 Å². The van der Waals surface area contributed by atoms with Crippen LogP contribution in [0.5, 0.6) is 0 Å². The topological polar surface area (TPSA) is 56.1 Å². The molecule has 1 atom stereocenters. The highest BCUT2D eigenvalue weighted by atomic mass is 16.6. The summed E-state index contributed by atoms with van der Waals surface area (Å²) in [7, 11) is 0. The molecule has 1 saturated carbocycles. The zero-order valence-electron chi connectivity index (χ0n) is 12.8. The molecule has 0 aliphatic heterocycles. The van der Waals surface area contributed by atoms with Gasteiger partial charge in [-0.2, -0.15) is 0 Å². The SMILES string of the molecule is C[C@@H](NC(=O)OC(C)(C)C)c1cncn1CCC1CC1. The van der Waals surface area contributed by atoms with Crippen LogP contribution in [0, 0.1) is 5.92 Å². The molecule has 1 N–H and O–H groups in total. The number of alkyl carbamates (subject to hydrolysis) is 1. The van der Waals surface area contributed by atoms with Gasteiger partial charge in [0, 0.05) is 6.54 Å². The Hall–Kier alpha value is -1.52. The van der Waals surface area contributed by atoms with Crippen molar-refractivity contribution < 1.29 is 9.53 Å². The van der Waals surface area contributed by atoms with Gasteiger partial charge in [0.1, 0.15) is 5.60 Å². The Morgan fingerprint density at radius 2 is 2.25 bits per heavy atom. The first kappa shape index (κ1) is 14.9. The number of ether oxygens (including phenoxy) is 1. The van der Waals surface area contributed by atoms with Gasteiger partial charge in [-0.15, -0.1) is 0 Å². The number of aromatic nitrogens is 2. The third-order valence-electron chi connectivity index (χ3n) is 3.40. The molecule has 1 fully saturated rings. The van der Waals surface area contributed by atoms with E-state index in [9.17, 15) is 4.79 Å². The highest BCUT2D eigenvalue weighted by molar-refractivity contribution is 5.68. The van der Waals surface area contributed by atoms with Crippen LogP contribution in [0.3, 0.4) is 0 Å². The van der Waals surface area contributed by atoms with E-state index in [4.69, 9.17) is 4.74 Å². The molecule has 0 spiro atoms. The van der Waals surface area contributed by atoms with Crippen LogP contribution in [-0.2, 0) is 11.3 Å². The summed E-state index contributed by atoms with van der Waals surface area (Å²) in [5.74, 6) is 0.888. The third kappa shape index (κ3) is 4.54. The lowest BCUT2D eigenvalue weighted by Gasteiger charge is -2.22. The summed E-state index contributed by atoms with van der Waals surface area (Å²) in [4.78, 5) is 16.0. The monoisotopic (exact) mass is 279 g/mol. The number of aryl methyl sites for hydroxylation is 1. The minimum atomic E-state index is -0.476. The number of hydrogen-bond donors (Lipinski definition) is 1. The van der Waals surface area contributed by atoms with Gasteiger partial charge in [-0.3, -0.25) is 0 Å². The van der Waals surface area contributed by atoms with Gasteiger partial charge in [-0.05, 0) is 40.0 Å². The average molecular weight is 279 g/mol. The van der Waals surface area contributed by atoms with Gasteiger partial charge in [0.2, 0.25) is 0 Å². The van der Waals surface area contributed by atoms with Crippen molar-refractivity contribution in [2.45, 2.75) is 65.1 Å². The number of imidazole rings is 1. The second-order valence-electron chi connectivity index (χ2n) is 6.61. The molecule has 1 heterocycles. The van der Waals surface area contributed by atoms with Crippen LogP contribution in [-0.4, -0.2) is 21.2 Å². The molecule has 0 aromatic carbocycles. The predicted molar refractivity (Wildman–Crippen MR) is 77.4 cm³/mol. The van der Waals surface area contributed by atoms with E-state index in [0.717, 1.165) is 18.2 Å². The summed E-state index contributed by atoms with van der Waals surface area (Å²) in [6, 6.07) is -0.105. The van der Waals surface area contributed by atoms with Crippen molar-refractivity contribution in [2.24, 2.45) is 5.92 Å². The van der Waals surface area contributed by atoms with Crippen LogP contribution in [0.25, 0.3) is 0 Å². The molecule has 112 valence electrons. The summed E-state index contributed by atoms with van der Waals surface area (Å²) >= 11 is 0. The maximum absolute atomic E-state index is 11.8. The van der Waals surface area contributed by atoms with Gasteiger partial charge in [-0.25, -0.2) is 9.78 Å². The number of carbonyl (C=O) groups excluding carboxylic acids is 1. The van der Waals surface area contributed by atoms with E-state index in [0.29, 0.717) is 0 Å². The van der Waals surface area contributed by atoms with Crippen LogP contribution in [0.2, 0.25) is 0 Å². The zero-order chi connectivity index (χ0) is 14.8. The fourth-order valence-corrected chi connectivity index (χ4v) is 2.16. The Morgan fingerprint density at radius 3 is 2.85 bits per heavy atom. The number of nitrogens with one attached hydrogen (secondary N) is 1. The van der Waals surface area contributed by atoms with Crippen LogP contribution in [0.1, 0.15) is 58.7 Å². The van der Waals surface area contributed by atoms with Gasteiger partial charge < -0.3 is 14.6 Å². The first-order valence-electron chi connectivity index (χ1n) is 7.34. The maximum atomic E-state index is 11.8. The summed E-state index contributed by atoms with van der Waals surface area (Å²) in [5.41, 5.74) is 0.548. The molecular weight excluding hydrogens is 254 g/mol. The van der Waals surface area contributed by atoms with Crippen LogP contribution < -0.4 is 5.32 Å². The fourth-order valence-electron chi connectivity index (χ4n) is 2.16. The second-order valence-corrected chi connectivity index (χ2v) is 6.61. The lowest BCUT2D eigenvalue weighted by molar-refractivity contribution is 0.0506. The number of rotatable bonds is 5. The molecule has 20 heavy (non-hydrogen) atoms. The Balaban J connectivity index is 1.89. The highest BCUT2D eigenvalue weighted by Crippen LogP contribution is 2.33. The first-order chi connectivity index (χ1) is 9.35. The van der Waals surface area contributed by atoms with Crippen LogP contribution in [0.15, 0.2) is 12.5 Å². The molecule has 5 nitrogen and oxygen atoms in total. The molecule has 5 heteroatoms. The molecule has 0 saturated heterocycles. The van der Waals surface area contributed by atoms with E-state index in [2.05, 4.69) is 14.9 Å². The summed E-state index contributed by atoms with van der Waals surface area (Å²) < 4.78 is 7.40. The molecular formula is C15H25N3O2. The highest BCUT2D eigenvalue weighted by Gasteiger charge is 2.22. The van der Waals surface area contributed by atoms with Crippen molar-refractivity contribution in [3.8, 4) is 0 Å². The van der Waals surface area contributed by atoms with Crippen molar-refractivity contribution in [3.05, 3.63) is 18.2 Å². The van der Waals surface area contributed by atoms with Crippen molar-refractivity contribution in [3.63, 3.8) is 0 Å². The van der Waals surface area contributed by atoms with Gasteiger partial charge in [0.25, 0.3) is 0 Å². The van der Waals surface area contributed by atoms with Crippen molar-refractivity contribution >= 4 is 6.09 Å². The van der Waals surface area contributed by atoms with Crippen molar-refractivity contribution in [1.82, 2.24) is 14.9 Å². The number of hydrogen-bond acceptors (Lipinski definition) is 3. The lowest BCUT2D eigenvalue weighted by atomic mass is 10.2. The Morgan fingerprint density at radius 1 is 1.55 bits per heavy atom. The van der Waals surface area contributed by atoms with Gasteiger partial charge in [0.05, 0.1) is 24.3 Å². The molecule has 0 radical (unpaired) electrons. The van der Waals surface area contributed by atoms with E-state index in [-0.39, 0.29) is 12.1 Å². The normalized spacial score (nSPS) is 16.8. The standard InChI is InChI=1S/C15H25N3O2/c1-11(17-14(19)20-15(2,3)4)13-9-16-10-18(13)8-7-12-5-6-12/h9-12H,5-8H2,1-4H3,(H,17,19)/t11-/m1/s1. The number of carbonyl (C=O) groups is 1. The Labute approximate surface area is 120 Å². The summed E-state index contributed by atoms with van der Waals surface area (Å²) in [6.45, 7) is 8.50. The predicted octanol–water partition coefficient (Wildman–Crippen LogP) is 3.27. The van der Waals surface area contributed by atoms with E-state index >= 15 is 0 Å². The molecule has 1 aliphatic carbocycles. The molecule has 0 bridgehead atoms. The quantitative estimate of drug-likeness (QED) is 0.900. The van der Waals surface area contributed by atoms with E-state index < -0.39 is 5.60 Å². The smallest absolute Gasteiger partial charge is 0.408 e. The van der Waals surface area contributed by atoms with E-state index in [1.807, 2.05) is 40.2 Å². The largest absolute Gasteiger partial charge is 0.444 e. The molecule has 2 rings (SSSR count).